The smallest absolute Gasteiger partial charge is 0.265 e. The third kappa shape index (κ3) is 8.48. The number of halogens is 2. The predicted molar refractivity (Wildman–Crippen MR) is 182 cm³/mol. The van der Waals surface area contributed by atoms with Crippen molar-refractivity contribution in [3.63, 3.8) is 0 Å². The second-order valence-electron chi connectivity index (χ2n) is 10.3. The predicted octanol–water partition coefficient (Wildman–Crippen LogP) is 5.60. The van der Waals surface area contributed by atoms with Gasteiger partial charge in [-0.1, -0.05) is 65.7 Å². The van der Waals surface area contributed by atoms with Gasteiger partial charge in [0.05, 0.1) is 31.9 Å². The first-order valence-corrected chi connectivity index (χ1v) is 16.6. The number of ether oxygens (including phenoxy) is 3. The number of benzene rings is 4. The largest absolute Gasteiger partial charge is 0.495 e. The maximum atomic E-state index is 14.5. The molecule has 0 bridgehead atoms. The Kier molecular flexibility index (Phi) is 12.0. The van der Waals surface area contributed by atoms with Crippen molar-refractivity contribution in [3.05, 3.63) is 112 Å². The molecule has 248 valence electrons. The number of nitrogens with one attached hydrogen (secondary N) is 1. The quantitative estimate of drug-likeness (QED) is 0.182. The summed E-state index contributed by atoms with van der Waals surface area (Å²) in [4.78, 5) is 29.2. The molecule has 2 amide bonds. The van der Waals surface area contributed by atoms with E-state index in [1.807, 2.05) is 30.3 Å². The highest BCUT2D eigenvalue weighted by atomic mass is 35.5. The highest BCUT2D eigenvalue weighted by Crippen LogP contribution is 2.37. The zero-order valence-electron chi connectivity index (χ0n) is 26.3. The summed E-state index contributed by atoms with van der Waals surface area (Å²) in [5.41, 5.74) is 1.46. The Bertz CT molecular complexity index is 1820. The molecule has 47 heavy (non-hydrogen) atoms. The number of sulfonamides is 1. The molecule has 1 atom stereocenters. The number of anilines is 1. The van der Waals surface area contributed by atoms with E-state index in [4.69, 9.17) is 37.4 Å². The van der Waals surface area contributed by atoms with Gasteiger partial charge in [-0.2, -0.15) is 0 Å². The number of amides is 2. The van der Waals surface area contributed by atoms with Crippen LogP contribution in [0.4, 0.5) is 5.69 Å². The lowest BCUT2D eigenvalue weighted by atomic mass is 10.0. The van der Waals surface area contributed by atoms with Crippen molar-refractivity contribution in [2.24, 2.45) is 0 Å². The maximum Gasteiger partial charge on any atom is 0.265 e. The van der Waals surface area contributed by atoms with Crippen LogP contribution in [-0.2, 0) is 32.6 Å². The van der Waals surface area contributed by atoms with Gasteiger partial charge in [0.25, 0.3) is 10.0 Å². The number of nitrogens with zero attached hydrogens (tertiary/aromatic N) is 2. The lowest BCUT2D eigenvalue weighted by molar-refractivity contribution is -0.139. The van der Waals surface area contributed by atoms with Crippen LogP contribution in [0.25, 0.3) is 0 Å². The first kappa shape index (κ1) is 35.4. The van der Waals surface area contributed by atoms with E-state index in [1.165, 1.54) is 63.6 Å². The van der Waals surface area contributed by atoms with Crippen LogP contribution in [0.3, 0.4) is 0 Å². The monoisotopic (exact) mass is 699 g/mol. The van der Waals surface area contributed by atoms with E-state index in [1.54, 1.807) is 30.3 Å². The second kappa shape index (κ2) is 15.9. The summed E-state index contributed by atoms with van der Waals surface area (Å²) in [5.74, 6) is -0.460. The molecule has 0 aliphatic heterocycles. The van der Waals surface area contributed by atoms with Crippen LogP contribution in [-0.4, -0.2) is 66.1 Å². The Balaban J connectivity index is 1.87. The third-order valence-corrected chi connectivity index (χ3v) is 9.62. The maximum absolute atomic E-state index is 14.5. The van der Waals surface area contributed by atoms with Crippen LogP contribution in [0, 0.1) is 0 Å². The van der Waals surface area contributed by atoms with E-state index < -0.39 is 34.4 Å². The van der Waals surface area contributed by atoms with Crippen molar-refractivity contribution in [2.75, 3.05) is 39.2 Å². The molecular formula is C34H35Cl2N3O7S. The molecule has 0 spiro atoms. The van der Waals surface area contributed by atoms with Crippen molar-refractivity contribution >= 4 is 50.7 Å². The Morgan fingerprint density at radius 2 is 1.40 bits per heavy atom. The summed E-state index contributed by atoms with van der Waals surface area (Å²) >= 11 is 12.6. The summed E-state index contributed by atoms with van der Waals surface area (Å²) in [6.45, 7) is -0.753. The van der Waals surface area contributed by atoms with Gasteiger partial charge in [-0.05, 0) is 53.6 Å². The number of likely N-dealkylation sites (N-methyl/N-ethyl adjacent to an activating group) is 1. The Labute approximate surface area is 284 Å². The lowest BCUT2D eigenvalue weighted by Crippen LogP contribution is -2.53. The van der Waals surface area contributed by atoms with Gasteiger partial charge in [0, 0.05) is 36.1 Å². The molecule has 0 unspecified atom stereocenters. The van der Waals surface area contributed by atoms with Gasteiger partial charge >= 0.3 is 0 Å². The molecule has 0 aromatic heterocycles. The van der Waals surface area contributed by atoms with Crippen molar-refractivity contribution in [2.45, 2.75) is 23.9 Å². The van der Waals surface area contributed by atoms with Gasteiger partial charge in [0.15, 0.2) is 11.5 Å². The summed E-state index contributed by atoms with van der Waals surface area (Å²) in [6, 6.07) is 23.6. The summed E-state index contributed by atoms with van der Waals surface area (Å²) < 4.78 is 46.0. The van der Waals surface area contributed by atoms with Gasteiger partial charge in [-0.25, -0.2) is 8.42 Å². The van der Waals surface area contributed by atoms with Crippen LogP contribution in [0.1, 0.15) is 11.1 Å². The molecule has 13 heteroatoms. The SMILES string of the molecule is CNC(=O)[C@H](Cc1ccccc1)N(Cc1cccc(Cl)c1)C(=O)CN(c1cc(Cl)ccc1OC)S(=O)(=O)c1ccc(OC)c(OC)c1. The first-order chi connectivity index (χ1) is 22.5. The molecule has 1 N–H and O–H groups in total. The van der Waals surface area contributed by atoms with E-state index in [-0.39, 0.29) is 40.1 Å². The summed E-state index contributed by atoms with van der Waals surface area (Å²) in [6.07, 6.45) is 0.162. The van der Waals surface area contributed by atoms with E-state index in [0.29, 0.717) is 16.3 Å². The van der Waals surface area contributed by atoms with Crippen LogP contribution >= 0.6 is 23.2 Å². The van der Waals surface area contributed by atoms with Crippen LogP contribution in [0.2, 0.25) is 10.0 Å². The van der Waals surface area contributed by atoms with E-state index in [2.05, 4.69) is 5.32 Å². The lowest BCUT2D eigenvalue weighted by Gasteiger charge is -2.34. The number of carbonyl (C=O) groups excluding carboxylic acids is 2. The molecule has 4 rings (SSSR count). The molecule has 0 fully saturated rings. The Morgan fingerprint density at radius 3 is 2.04 bits per heavy atom. The van der Waals surface area contributed by atoms with Crippen molar-refractivity contribution < 1.29 is 32.2 Å². The summed E-state index contributed by atoms with van der Waals surface area (Å²) in [5, 5.41) is 3.31. The molecule has 0 radical (unpaired) electrons. The molecular weight excluding hydrogens is 665 g/mol. The molecule has 10 nitrogen and oxygen atoms in total. The van der Waals surface area contributed by atoms with E-state index in [0.717, 1.165) is 9.87 Å². The minimum atomic E-state index is -4.49. The van der Waals surface area contributed by atoms with Gasteiger partial charge in [-0.15, -0.1) is 0 Å². The first-order valence-electron chi connectivity index (χ1n) is 14.4. The highest BCUT2D eigenvalue weighted by Gasteiger charge is 2.36. The highest BCUT2D eigenvalue weighted by molar-refractivity contribution is 7.92. The molecule has 0 heterocycles. The second-order valence-corrected chi connectivity index (χ2v) is 13.1. The number of methoxy groups -OCH3 is 3. The van der Waals surface area contributed by atoms with Crippen molar-refractivity contribution in [3.8, 4) is 17.2 Å². The number of hydrogen-bond acceptors (Lipinski definition) is 7. The molecule has 0 saturated heterocycles. The molecule has 0 saturated carbocycles. The zero-order chi connectivity index (χ0) is 34.1. The average molecular weight is 701 g/mol. The van der Waals surface area contributed by atoms with E-state index in [9.17, 15) is 18.0 Å². The molecule has 4 aromatic rings. The third-order valence-electron chi connectivity index (χ3n) is 7.39. The standard InChI is InChI=1S/C34H35Cl2N3O7S/c1-37-34(41)29(18-23-9-6-5-7-10-23)38(21-24-11-8-12-25(35)17-24)33(40)22-39(28-19-26(36)13-15-30(28)44-2)47(42,43)27-14-16-31(45-3)32(20-27)46-4/h5-17,19-20,29H,18,21-22H2,1-4H3,(H,37,41)/t29-/m0/s1. The normalized spacial score (nSPS) is 11.7. The minimum Gasteiger partial charge on any atom is -0.495 e. The van der Waals surface area contributed by atoms with Crippen molar-refractivity contribution in [1.29, 1.82) is 0 Å². The Morgan fingerprint density at radius 1 is 0.766 bits per heavy atom. The topological polar surface area (TPSA) is 114 Å². The number of carbonyl (C=O) groups is 2. The van der Waals surface area contributed by atoms with E-state index >= 15 is 0 Å². The molecule has 4 aromatic carbocycles. The molecule has 0 aliphatic carbocycles. The fourth-order valence-electron chi connectivity index (χ4n) is 5.03. The number of rotatable bonds is 14. The fourth-order valence-corrected chi connectivity index (χ4v) is 6.84. The van der Waals surface area contributed by atoms with Crippen molar-refractivity contribution in [1.82, 2.24) is 10.2 Å². The number of hydrogen-bond donors (Lipinski definition) is 1. The van der Waals surface area contributed by atoms with Gasteiger partial charge in [0.2, 0.25) is 11.8 Å². The van der Waals surface area contributed by atoms with Crippen LogP contribution in [0.5, 0.6) is 17.2 Å². The minimum absolute atomic E-state index is 0.0189. The average Bonchev–Trinajstić information content (AvgIpc) is 3.08. The van der Waals surface area contributed by atoms with Gasteiger partial charge in [-0.3, -0.25) is 13.9 Å². The van der Waals surface area contributed by atoms with Crippen LogP contribution in [0.15, 0.2) is 95.9 Å². The van der Waals surface area contributed by atoms with Crippen LogP contribution < -0.4 is 23.8 Å². The van der Waals surface area contributed by atoms with Gasteiger partial charge < -0.3 is 24.4 Å². The Hall–Kier alpha value is -4.45. The van der Waals surface area contributed by atoms with Gasteiger partial charge in [0.1, 0.15) is 18.3 Å². The fraction of sp³-hybridized carbons (Fsp3) is 0.235. The molecule has 0 aliphatic rings. The zero-order valence-corrected chi connectivity index (χ0v) is 28.6. The summed E-state index contributed by atoms with van der Waals surface area (Å²) in [7, 11) is 1.18.